The van der Waals surface area contributed by atoms with Crippen molar-refractivity contribution in [2.24, 2.45) is 0 Å². The van der Waals surface area contributed by atoms with Crippen LogP contribution in [0.3, 0.4) is 0 Å². The number of hydrogen-bond acceptors (Lipinski definition) is 2. The number of carbonyl (C=O) groups is 1. The van der Waals surface area contributed by atoms with Crippen LogP contribution in [0.4, 0.5) is 0 Å². The van der Waals surface area contributed by atoms with E-state index in [9.17, 15) is 4.79 Å². The van der Waals surface area contributed by atoms with Gasteiger partial charge < -0.3 is 4.74 Å². The second-order valence-corrected chi connectivity index (χ2v) is 3.95. The van der Waals surface area contributed by atoms with Crippen LogP contribution in [0.15, 0.2) is 36.4 Å². The molecule has 92 valence electrons. The molecule has 1 rings (SSSR count). The molecule has 0 atom stereocenters. The molecule has 2 nitrogen and oxygen atoms in total. The first-order valence-electron chi connectivity index (χ1n) is 6.20. The van der Waals surface area contributed by atoms with E-state index in [1.165, 1.54) is 0 Å². The first-order chi connectivity index (χ1) is 8.33. The van der Waals surface area contributed by atoms with Crippen molar-refractivity contribution in [3.05, 3.63) is 42.0 Å². The van der Waals surface area contributed by atoms with Crippen molar-refractivity contribution in [3.8, 4) is 0 Å². The molecule has 17 heavy (non-hydrogen) atoms. The molecule has 0 heterocycles. The molecule has 1 aromatic carbocycles. The summed E-state index contributed by atoms with van der Waals surface area (Å²) in [5.41, 5.74) is 1.12. The molecule has 0 amide bonds. The van der Waals surface area contributed by atoms with E-state index >= 15 is 0 Å². The standard InChI is InChI=1S/C15H20O2/c1-2-3-5-12-15(16)17-13-8-11-14-9-6-4-7-10-14/h4,6-11H,2-3,5,12-13H2,1H3/b11-8-. The third-order valence-electron chi connectivity index (χ3n) is 2.43. The van der Waals surface area contributed by atoms with E-state index in [-0.39, 0.29) is 5.97 Å². The van der Waals surface area contributed by atoms with Crippen LogP contribution < -0.4 is 0 Å². The summed E-state index contributed by atoms with van der Waals surface area (Å²) in [7, 11) is 0. The maximum Gasteiger partial charge on any atom is 0.306 e. The first kappa shape index (κ1) is 13.5. The van der Waals surface area contributed by atoms with Crippen LogP contribution in [-0.4, -0.2) is 12.6 Å². The molecule has 0 aliphatic carbocycles. The number of benzene rings is 1. The highest BCUT2D eigenvalue weighted by molar-refractivity contribution is 5.69. The third-order valence-corrected chi connectivity index (χ3v) is 2.43. The Bertz CT molecular complexity index is 341. The maximum absolute atomic E-state index is 11.3. The van der Waals surface area contributed by atoms with Gasteiger partial charge in [0, 0.05) is 6.42 Å². The zero-order valence-corrected chi connectivity index (χ0v) is 10.4. The Kier molecular flexibility index (Phi) is 6.80. The zero-order valence-electron chi connectivity index (χ0n) is 10.4. The summed E-state index contributed by atoms with van der Waals surface area (Å²) in [6.45, 7) is 2.48. The predicted octanol–water partition coefficient (Wildman–Crippen LogP) is 3.82. The topological polar surface area (TPSA) is 26.3 Å². The average Bonchev–Trinajstić information content (AvgIpc) is 2.36. The van der Waals surface area contributed by atoms with Gasteiger partial charge in [-0.3, -0.25) is 4.79 Å². The van der Waals surface area contributed by atoms with Gasteiger partial charge in [0.05, 0.1) is 0 Å². The molecule has 0 N–H and O–H groups in total. The van der Waals surface area contributed by atoms with Crippen molar-refractivity contribution in [2.75, 3.05) is 6.61 Å². The Labute approximate surface area is 103 Å². The Hall–Kier alpha value is -1.57. The molecule has 0 aromatic heterocycles. The Morgan fingerprint density at radius 2 is 2.00 bits per heavy atom. The number of unbranched alkanes of at least 4 members (excludes halogenated alkanes) is 2. The van der Waals surface area contributed by atoms with Crippen molar-refractivity contribution in [3.63, 3.8) is 0 Å². The number of hydrogen-bond donors (Lipinski definition) is 0. The molecule has 0 unspecified atom stereocenters. The molecule has 0 bridgehead atoms. The molecule has 0 saturated heterocycles. The van der Waals surface area contributed by atoms with Gasteiger partial charge in [0.1, 0.15) is 6.61 Å². The van der Waals surface area contributed by atoms with Crippen LogP contribution >= 0.6 is 0 Å². The predicted molar refractivity (Wildman–Crippen MR) is 70.6 cm³/mol. The van der Waals surface area contributed by atoms with Gasteiger partial charge in [0.2, 0.25) is 0 Å². The monoisotopic (exact) mass is 232 g/mol. The number of rotatable bonds is 7. The maximum atomic E-state index is 11.3. The minimum absolute atomic E-state index is 0.101. The van der Waals surface area contributed by atoms with E-state index in [1.807, 2.05) is 42.5 Å². The lowest BCUT2D eigenvalue weighted by atomic mass is 10.2. The lowest BCUT2D eigenvalue weighted by molar-refractivity contribution is -0.142. The third kappa shape index (κ3) is 6.56. The van der Waals surface area contributed by atoms with Gasteiger partial charge in [-0.2, -0.15) is 0 Å². The molecular formula is C15H20O2. The van der Waals surface area contributed by atoms with E-state index in [2.05, 4.69) is 6.92 Å². The van der Waals surface area contributed by atoms with Crippen molar-refractivity contribution < 1.29 is 9.53 Å². The lowest BCUT2D eigenvalue weighted by Gasteiger charge is -2.00. The number of esters is 1. The smallest absolute Gasteiger partial charge is 0.306 e. The Balaban J connectivity index is 2.15. The van der Waals surface area contributed by atoms with Crippen LogP contribution in [0.1, 0.15) is 38.2 Å². The zero-order chi connectivity index (χ0) is 12.3. The summed E-state index contributed by atoms with van der Waals surface area (Å²) in [6.07, 6.45) is 7.51. The minimum atomic E-state index is -0.101. The molecule has 0 fully saturated rings. The van der Waals surface area contributed by atoms with Gasteiger partial charge in [-0.1, -0.05) is 56.2 Å². The van der Waals surface area contributed by atoms with Crippen LogP contribution in [-0.2, 0) is 9.53 Å². The minimum Gasteiger partial charge on any atom is -0.461 e. The van der Waals surface area contributed by atoms with Gasteiger partial charge >= 0.3 is 5.97 Å². The van der Waals surface area contributed by atoms with Crippen LogP contribution in [0.5, 0.6) is 0 Å². The summed E-state index contributed by atoms with van der Waals surface area (Å²) < 4.78 is 5.08. The summed E-state index contributed by atoms with van der Waals surface area (Å²) in [5.74, 6) is -0.101. The summed E-state index contributed by atoms with van der Waals surface area (Å²) >= 11 is 0. The summed E-state index contributed by atoms with van der Waals surface area (Å²) in [4.78, 5) is 11.3. The van der Waals surface area contributed by atoms with Crippen LogP contribution in [0.2, 0.25) is 0 Å². The van der Waals surface area contributed by atoms with Crippen molar-refractivity contribution in [2.45, 2.75) is 32.6 Å². The molecule has 2 heteroatoms. The SMILES string of the molecule is CCCCCC(=O)OC/C=C\c1ccccc1. The molecule has 0 spiro atoms. The number of ether oxygens (including phenoxy) is 1. The quantitative estimate of drug-likeness (QED) is 0.527. The molecule has 0 radical (unpaired) electrons. The van der Waals surface area contributed by atoms with Gasteiger partial charge in [-0.15, -0.1) is 0 Å². The van der Waals surface area contributed by atoms with Crippen LogP contribution in [0.25, 0.3) is 6.08 Å². The Morgan fingerprint density at radius 1 is 1.24 bits per heavy atom. The van der Waals surface area contributed by atoms with E-state index in [0.717, 1.165) is 24.8 Å². The average molecular weight is 232 g/mol. The van der Waals surface area contributed by atoms with E-state index in [0.29, 0.717) is 13.0 Å². The van der Waals surface area contributed by atoms with Gasteiger partial charge in [0.15, 0.2) is 0 Å². The lowest BCUT2D eigenvalue weighted by Crippen LogP contribution is -2.03. The van der Waals surface area contributed by atoms with Gasteiger partial charge in [0.25, 0.3) is 0 Å². The van der Waals surface area contributed by atoms with E-state index in [4.69, 9.17) is 4.74 Å². The highest BCUT2D eigenvalue weighted by Crippen LogP contribution is 2.02. The second kappa shape index (κ2) is 8.57. The van der Waals surface area contributed by atoms with Gasteiger partial charge in [-0.25, -0.2) is 0 Å². The molecule has 0 saturated carbocycles. The number of carbonyl (C=O) groups excluding carboxylic acids is 1. The van der Waals surface area contributed by atoms with Crippen molar-refractivity contribution in [1.29, 1.82) is 0 Å². The largest absolute Gasteiger partial charge is 0.461 e. The van der Waals surface area contributed by atoms with Crippen molar-refractivity contribution >= 4 is 12.0 Å². The fourth-order valence-corrected chi connectivity index (χ4v) is 1.48. The molecule has 0 aliphatic rings. The summed E-state index contributed by atoms with van der Waals surface area (Å²) in [5, 5.41) is 0. The fourth-order valence-electron chi connectivity index (χ4n) is 1.48. The molecule has 1 aromatic rings. The van der Waals surface area contributed by atoms with Crippen molar-refractivity contribution in [1.82, 2.24) is 0 Å². The Morgan fingerprint density at radius 3 is 2.71 bits per heavy atom. The normalized spacial score (nSPS) is 10.6. The van der Waals surface area contributed by atoms with E-state index < -0.39 is 0 Å². The fraction of sp³-hybridized carbons (Fsp3) is 0.400. The highest BCUT2D eigenvalue weighted by atomic mass is 16.5. The first-order valence-corrected chi connectivity index (χ1v) is 6.20. The van der Waals surface area contributed by atoms with Gasteiger partial charge in [-0.05, 0) is 18.1 Å². The highest BCUT2D eigenvalue weighted by Gasteiger charge is 1.99. The van der Waals surface area contributed by atoms with Crippen LogP contribution in [0, 0.1) is 0 Å². The molecular weight excluding hydrogens is 212 g/mol. The summed E-state index contributed by atoms with van der Waals surface area (Å²) in [6, 6.07) is 9.97. The van der Waals surface area contributed by atoms with E-state index in [1.54, 1.807) is 0 Å². The molecule has 0 aliphatic heterocycles. The second-order valence-electron chi connectivity index (χ2n) is 3.95.